The molecule has 2 unspecified atom stereocenters. The Balaban J connectivity index is -0.00000141. The van der Waals surface area contributed by atoms with Crippen LogP contribution in [0.15, 0.2) is 34.6 Å². The Kier molecular flexibility index (Phi) is 24.6. The zero-order chi connectivity index (χ0) is 18.1. The van der Waals surface area contributed by atoms with Crippen molar-refractivity contribution in [2.75, 3.05) is 0 Å². The number of aliphatic imine (C=N–C) groups is 1. The van der Waals surface area contributed by atoms with Crippen LogP contribution in [0, 0.1) is 11.8 Å². The number of hydrogen-bond acceptors (Lipinski definition) is 1. The Labute approximate surface area is 169 Å². The van der Waals surface area contributed by atoms with Crippen molar-refractivity contribution in [2.24, 2.45) is 16.8 Å². The summed E-state index contributed by atoms with van der Waals surface area (Å²) in [6.45, 7) is 19.1. The number of nitrogens with zero attached hydrogens (tertiary/aromatic N) is 1. The van der Waals surface area contributed by atoms with Crippen LogP contribution in [0.25, 0.3) is 0 Å². The van der Waals surface area contributed by atoms with Crippen LogP contribution in [0.5, 0.6) is 0 Å². The molecule has 0 heterocycles. The van der Waals surface area contributed by atoms with E-state index >= 15 is 0 Å². The van der Waals surface area contributed by atoms with E-state index in [4.69, 9.17) is 0 Å². The minimum absolute atomic E-state index is 0. The molecule has 0 radical (unpaired) electrons. The highest BCUT2D eigenvalue weighted by molar-refractivity contribution is 14.0. The lowest BCUT2D eigenvalue weighted by molar-refractivity contribution is 0.603. The van der Waals surface area contributed by atoms with Crippen molar-refractivity contribution in [1.82, 2.24) is 0 Å². The summed E-state index contributed by atoms with van der Waals surface area (Å²) in [5.74, 6) is 1.21. The first-order valence-electron chi connectivity index (χ1n) is 9.74. The Morgan fingerprint density at radius 1 is 1.08 bits per heavy atom. The second-order valence-electron chi connectivity index (χ2n) is 5.91. The van der Waals surface area contributed by atoms with E-state index in [-0.39, 0.29) is 24.0 Å². The molecule has 0 spiro atoms. The SMILES string of the molecule is C=C=C(C/C(=C/CCC)C(C)CC)N=CC(CC)CCC.CC.I. The molecule has 2 atom stereocenters. The molecule has 0 rings (SSSR count). The lowest BCUT2D eigenvalue weighted by atomic mass is 9.93. The molecular formula is C22H42IN. The third-order valence-electron chi connectivity index (χ3n) is 4.14. The molecule has 0 amide bonds. The van der Waals surface area contributed by atoms with Gasteiger partial charge in [0.25, 0.3) is 0 Å². The van der Waals surface area contributed by atoms with Crippen LogP contribution >= 0.6 is 24.0 Å². The third-order valence-corrected chi connectivity index (χ3v) is 4.14. The molecular weight excluding hydrogens is 405 g/mol. The second kappa shape index (κ2) is 20.7. The molecule has 0 N–H and O–H groups in total. The van der Waals surface area contributed by atoms with Crippen LogP contribution < -0.4 is 0 Å². The third kappa shape index (κ3) is 14.0. The van der Waals surface area contributed by atoms with Crippen molar-refractivity contribution < 1.29 is 0 Å². The van der Waals surface area contributed by atoms with Crippen molar-refractivity contribution in [1.29, 1.82) is 0 Å². The molecule has 142 valence electrons. The van der Waals surface area contributed by atoms with Gasteiger partial charge in [-0.05, 0) is 37.5 Å². The van der Waals surface area contributed by atoms with Gasteiger partial charge in [0, 0.05) is 12.6 Å². The van der Waals surface area contributed by atoms with Gasteiger partial charge in [0.1, 0.15) is 0 Å². The fourth-order valence-electron chi connectivity index (χ4n) is 2.34. The molecule has 0 aliphatic heterocycles. The van der Waals surface area contributed by atoms with Crippen LogP contribution in [-0.4, -0.2) is 6.21 Å². The first kappa shape index (κ1) is 28.5. The largest absolute Gasteiger partial charge is 0.257 e. The summed E-state index contributed by atoms with van der Waals surface area (Å²) in [5, 5.41) is 0. The summed E-state index contributed by atoms with van der Waals surface area (Å²) in [7, 11) is 0. The average Bonchev–Trinajstić information content (AvgIpc) is 2.61. The number of halogens is 1. The Hall–Kier alpha value is -0.340. The topological polar surface area (TPSA) is 12.4 Å². The van der Waals surface area contributed by atoms with E-state index < -0.39 is 0 Å². The van der Waals surface area contributed by atoms with Gasteiger partial charge in [-0.2, -0.15) is 0 Å². The maximum Gasteiger partial charge on any atom is 0.0851 e. The summed E-state index contributed by atoms with van der Waals surface area (Å²) in [6.07, 6.45) is 12.5. The van der Waals surface area contributed by atoms with Gasteiger partial charge < -0.3 is 0 Å². The summed E-state index contributed by atoms with van der Waals surface area (Å²) < 4.78 is 0. The molecule has 0 saturated heterocycles. The number of rotatable bonds is 11. The maximum absolute atomic E-state index is 4.67. The smallest absolute Gasteiger partial charge is 0.0851 e. The molecule has 0 aliphatic rings. The molecule has 0 bridgehead atoms. The van der Waals surface area contributed by atoms with Crippen LogP contribution in [-0.2, 0) is 0 Å². The first-order chi connectivity index (χ1) is 11.1. The number of allylic oxidation sites excluding steroid dienone is 2. The van der Waals surface area contributed by atoms with Crippen molar-refractivity contribution in [2.45, 2.75) is 93.4 Å². The first-order valence-corrected chi connectivity index (χ1v) is 9.74. The monoisotopic (exact) mass is 447 g/mol. The lowest BCUT2D eigenvalue weighted by Crippen LogP contribution is -2.02. The van der Waals surface area contributed by atoms with Crippen molar-refractivity contribution >= 4 is 30.2 Å². The van der Waals surface area contributed by atoms with Crippen molar-refractivity contribution in [3.05, 3.63) is 29.7 Å². The predicted octanol–water partition coefficient (Wildman–Crippen LogP) is 8.36. The molecule has 0 saturated carbocycles. The molecule has 0 fully saturated rings. The van der Waals surface area contributed by atoms with E-state index in [9.17, 15) is 0 Å². The van der Waals surface area contributed by atoms with Crippen LogP contribution in [0.3, 0.4) is 0 Å². The van der Waals surface area contributed by atoms with Gasteiger partial charge in [0.2, 0.25) is 0 Å². The van der Waals surface area contributed by atoms with Gasteiger partial charge >= 0.3 is 0 Å². The van der Waals surface area contributed by atoms with Gasteiger partial charge in [0.05, 0.1) is 5.70 Å². The Morgan fingerprint density at radius 3 is 2.12 bits per heavy atom. The molecule has 0 aromatic heterocycles. The Bertz CT molecular complexity index is 375. The van der Waals surface area contributed by atoms with Gasteiger partial charge in [-0.25, -0.2) is 0 Å². The molecule has 0 aromatic carbocycles. The molecule has 1 nitrogen and oxygen atoms in total. The zero-order valence-corrected chi connectivity index (χ0v) is 19.7. The van der Waals surface area contributed by atoms with E-state index in [1.165, 1.54) is 31.3 Å². The van der Waals surface area contributed by atoms with Crippen LogP contribution in [0.1, 0.15) is 93.4 Å². The lowest BCUT2D eigenvalue weighted by Gasteiger charge is -2.14. The van der Waals surface area contributed by atoms with Crippen LogP contribution in [0.2, 0.25) is 0 Å². The zero-order valence-electron chi connectivity index (χ0n) is 17.3. The van der Waals surface area contributed by atoms with E-state index in [1.807, 2.05) is 13.8 Å². The quantitative estimate of drug-likeness (QED) is 0.131. The summed E-state index contributed by atoms with van der Waals surface area (Å²) in [5.41, 5.74) is 5.52. The van der Waals surface area contributed by atoms with Gasteiger partial charge in [0.15, 0.2) is 0 Å². The van der Waals surface area contributed by atoms with E-state index in [1.54, 1.807) is 0 Å². The van der Waals surface area contributed by atoms with Gasteiger partial charge in [-0.15, -0.1) is 29.7 Å². The molecule has 0 aliphatic carbocycles. The molecule has 24 heavy (non-hydrogen) atoms. The van der Waals surface area contributed by atoms with Gasteiger partial charge in [-0.1, -0.05) is 79.5 Å². The van der Waals surface area contributed by atoms with E-state index in [0.29, 0.717) is 11.8 Å². The van der Waals surface area contributed by atoms with Crippen LogP contribution in [0.4, 0.5) is 0 Å². The Morgan fingerprint density at radius 2 is 1.71 bits per heavy atom. The summed E-state index contributed by atoms with van der Waals surface area (Å²) >= 11 is 0. The number of unbranched alkanes of at least 4 members (excludes halogenated alkanes) is 1. The average molecular weight is 447 g/mol. The molecule has 2 heteroatoms. The highest BCUT2D eigenvalue weighted by Crippen LogP contribution is 2.23. The molecule has 0 aromatic rings. The van der Waals surface area contributed by atoms with Gasteiger partial charge in [-0.3, -0.25) is 4.99 Å². The minimum atomic E-state index is 0. The van der Waals surface area contributed by atoms with E-state index in [2.05, 4.69) is 64.2 Å². The minimum Gasteiger partial charge on any atom is -0.257 e. The summed E-state index contributed by atoms with van der Waals surface area (Å²) in [4.78, 5) is 4.67. The highest BCUT2D eigenvalue weighted by Gasteiger charge is 2.09. The highest BCUT2D eigenvalue weighted by atomic mass is 127. The standard InChI is InChI=1S/C20H35N.C2H6.HI/c1-7-12-14-19(17(6)9-3)15-20(11-5)21-16-18(10-4)13-8-2;1-2;/h14,16-18H,5,7-10,12-13,15H2,1-4,6H3;1-2H3;1H/b19-14-,21-16?;;. The normalized spacial score (nSPS) is 13.4. The van der Waals surface area contributed by atoms with E-state index in [0.717, 1.165) is 25.0 Å². The van der Waals surface area contributed by atoms with Crippen molar-refractivity contribution in [3.8, 4) is 0 Å². The second-order valence-corrected chi connectivity index (χ2v) is 5.91. The summed E-state index contributed by atoms with van der Waals surface area (Å²) in [6, 6.07) is 0. The number of hydrogen-bond donors (Lipinski definition) is 0. The fourth-order valence-corrected chi connectivity index (χ4v) is 2.34. The van der Waals surface area contributed by atoms with Crippen molar-refractivity contribution in [3.63, 3.8) is 0 Å². The predicted molar refractivity (Wildman–Crippen MR) is 124 cm³/mol. The maximum atomic E-state index is 4.67. The fraction of sp³-hybridized carbons (Fsp3) is 0.727.